The van der Waals surface area contributed by atoms with Crippen LogP contribution >= 0.6 is 0 Å². The number of carboxylic acid groups (broad SMARTS) is 1. The summed E-state index contributed by atoms with van der Waals surface area (Å²) in [5.41, 5.74) is 1.80. The number of ether oxygens (including phenoxy) is 2. The molecule has 0 unspecified atom stereocenters. The summed E-state index contributed by atoms with van der Waals surface area (Å²) in [7, 11) is 0. The highest BCUT2D eigenvalue weighted by Gasteiger charge is 2.10. The largest absolute Gasteiger partial charge is 0.489 e. The van der Waals surface area contributed by atoms with Crippen LogP contribution in [0.4, 0.5) is 0 Å². The summed E-state index contributed by atoms with van der Waals surface area (Å²) in [5, 5.41) is 9.20. The number of benzene rings is 1. The number of furan rings is 2. The summed E-state index contributed by atoms with van der Waals surface area (Å²) in [5.74, 6) is -0.228. The molecule has 0 spiro atoms. The number of rotatable bonds is 7. The van der Waals surface area contributed by atoms with Crippen LogP contribution in [0.2, 0.25) is 0 Å². The number of aromatic carboxylic acids is 1. The highest BCUT2D eigenvalue weighted by molar-refractivity contribution is 5.88. The standard InChI is InChI=1S/C17H14O6/c18-17(19)14-5-15(22-10-12-1-3-20-8-12)7-16(6-14)23-11-13-2-4-21-9-13/h1-9H,10-11H2,(H,18,19). The van der Waals surface area contributed by atoms with Gasteiger partial charge in [0.15, 0.2) is 0 Å². The minimum absolute atomic E-state index is 0.0943. The first-order valence-corrected chi connectivity index (χ1v) is 6.87. The van der Waals surface area contributed by atoms with Crippen molar-refractivity contribution in [3.8, 4) is 11.5 Å². The van der Waals surface area contributed by atoms with Crippen LogP contribution < -0.4 is 9.47 Å². The van der Waals surface area contributed by atoms with Crippen molar-refractivity contribution in [2.75, 3.05) is 0 Å². The lowest BCUT2D eigenvalue weighted by Gasteiger charge is -2.10. The monoisotopic (exact) mass is 314 g/mol. The van der Waals surface area contributed by atoms with Gasteiger partial charge in [-0.05, 0) is 24.3 Å². The van der Waals surface area contributed by atoms with Gasteiger partial charge in [-0.25, -0.2) is 4.79 Å². The zero-order valence-electron chi connectivity index (χ0n) is 12.1. The summed E-state index contributed by atoms with van der Waals surface area (Å²) in [6, 6.07) is 8.10. The molecule has 6 nitrogen and oxygen atoms in total. The average molecular weight is 314 g/mol. The Morgan fingerprint density at radius 1 is 0.913 bits per heavy atom. The van der Waals surface area contributed by atoms with Gasteiger partial charge in [0.05, 0.1) is 30.6 Å². The lowest BCUT2D eigenvalue weighted by molar-refractivity contribution is 0.0695. The summed E-state index contributed by atoms with van der Waals surface area (Å²) in [6.45, 7) is 0.557. The fourth-order valence-electron chi connectivity index (χ4n) is 1.94. The average Bonchev–Trinajstić information content (AvgIpc) is 3.24. The van der Waals surface area contributed by atoms with Crippen LogP contribution in [0.25, 0.3) is 0 Å². The second kappa shape index (κ2) is 6.74. The minimum Gasteiger partial charge on any atom is -0.489 e. The highest BCUT2D eigenvalue weighted by atomic mass is 16.5. The molecule has 0 atom stereocenters. The topological polar surface area (TPSA) is 82.0 Å². The molecule has 2 aromatic heterocycles. The maximum atomic E-state index is 11.2. The minimum atomic E-state index is -1.05. The van der Waals surface area contributed by atoms with E-state index in [0.717, 1.165) is 11.1 Å². The van der Waals surface area contributed by atoms with Gasteiger partial charge in [-0.2, -0.15) is 0 Å². The predicted molar refractivity (Wildman–Crippen MR) is 79.5 cm³/mol. The van der Waals surface area contributed by atoms with Crippen molar-refractivity contribution in [1.29, 1.82) is 0 Å². The lowest BCUT2D eigenvalue weighted by Crippen LogP contribution is -2.01. The van der Waals surface area contributed by atoms with Crippen molar-refractivity contribution in [2.45, 2.75) is 13.2 Å². The molecule has 0 fully saturated rings. The molecule has 1 N–H and O–H groups in total. The SMILES string of the molecule is O=C(O)c1cc(OCc2ccoc2)cc(OCc2ccoc2)c1. The first kappa shape index (κ1) is 14.8. The molecular weight excluding hydrogens is 300 g/mol. The van der Waals surface area contributed by atoms with Crippen LogP contribution in [-0.4, -0.2) is 11.1 Å². The van der Waals surface area contributed by atoms with Crippen molar-refractivity contribution >= 4 is 5.97 Å². The molecule has 1 aromatic carbocycles. The van der Waals surface area contributed by atoms with Gasteiger partial charge in [0.2, 0.25) is 0 Å². The van der Waals surface area contributed by atoms with Crippen molar-refractivity contribution in [3.05, 3.63) is 72.1 Å². The number of carboxylic acids is 1. The van der Waals surface area contributed by atoms with E-state index in [1.54, 1.807) is 43.3 Å². The summed E-state index contributed by atoms with van der Waals surface area (Å²) >= 11 is 0. The molecule has 0 radical (unpaired) electrons. The second-order valence-corrected chi connectivity index (χ2v) is 4.84. The molecule has 0 saturated heterocycles. The maximum Gasteiger partial charge on any atom is 0.335 e. The van der Waals surface area contributed by atoms with E-state index in [9.17, 15) is 9.90 Å². The molecule has 23 heavy (non-hydrogen) atoms. The highest BCUT2D eigenvalue weighted by Crippen LogP contribution is 2.25. The molecule has 0 amide bonds. The Bertz CT molecular complexity index is 702. The normalized spacial score (nSPS) is 10.4. The van der Waals surface area contributed by atoms with E-state index < -0.39 is 5.97 Å². The molecule has 118 valence electrons. The Kier molecular flexibility index (Phi) is 4.33. The fraction of sp³-hybridized carbons (Fsp3) is 0.118. The van der Waals surface area contributed by atoms with Crippen LogP contribution in [-0.2, 0) is 13.2 Å². The fourth-order valence-corrected chi connectivity index (χ4v) is 1.94. The number of hydrogen-bond acceptors (Lipinski definition) is 5. The second-order valence-electron chi connectivity index (χ2n) is 4.84. The van der Waals surface area contributed by atoms with Crippen molar-refractivity contribution in [2.24, 2.45) is 0 Å². The third kappa shape index (κ3) is 3.94. The van der Waals surface area contributed by atoms with Crippen LogP contribution in [0.5, 0.6) is 11.5 Å². The first-order chi connectivity index (χ1) is 11.2. The third-order valence-corrected chi connectivity index (χ3v) is 3.10. The van der Waals surface area contributed by atoms with E-state index in [1.165, 1.54) is 12.1 Å². The Hall–Kier alpha value is -3.15. The van der Waals surface area contributed by atoms with E-state index >= 15 is 0 Å². The van der Waals surface area contributed by atoms with E-state index in [2.05, 4.69) is 0 Å². The van der Waals surface area contributed by atoms with Gasteiger partial charge < -0.3 is 23.4 Å². The Morgan fingerprint density at radius 3 is 1.83 bits per heavy atom. The quantitative estimate of drug-likeness (QED) is 0.715. The van der Waals surface area contributed by atoms with Crippen LogP contribution in [0.3, 0.4) is 0 Å². The number of hydrogen-bond donors (Lipinski definition) is 1. The van der Waals surface area contributed by atoms with Gasteiger partial charge in [-0.3, -0.25) is 0 Å². The van der Waals surface area contributed by atoms with E-state index in [4.69, 9.17) is 18.3 Å². The van der Waals surface area contributed by atoms with Crippen molar-refractivity contribution < 1.29 is 28.2 Å². The third-order valence-electron chi connectivity index (χ3n) is 3.10. The first-order valence-electron chi connectivity index (χ1n) is 6.87. The Morgan fingerprint density at radius 2 is 1.43 bits per heavy atom. The van der Waals surface area contributed by atoms with Crippen molar-refractivity contribution in [3.63, 3.8) is 0 Å². The van der Waals surface area contributed by atoms with Crippen LogP contribution in [0.15, 0.2) is 64.2 Å². The molecule has 3 aromatic rings. The predicted octanol–water partition coefficient (Wildman–Crippen LogP) is 3.73. The summed E-state index contributed by atoms with van der Waals surface area (Å²) in [4.78, 5) is 11.2. The van der Waals surface area contributed by atoms with Crippen molar-refractivity contribution in [1.82, 2.24) is 0 Å². The van der Waals surface area contributed by atoms with Gasteiger partial charge in [0.1, 0.15) is 24.7 Å². The molecular formula is C17H14O6. The molecule has 2 heterocycles. The Labute approximate surface area is 131 Å². The van der Waals surface area contributed by atoms with E-state index in [-0.39, 0.29) is 18.8 Å². The summed E-state index contributed by atoms with van der Waals surface area (Å²) < 4.78 is 21.1. The molecule has 6 heteroatoms. The number of carbonyl (C=O) groups is 1. The van der Waals surface area contributed by atoms with E-state index in [1.807, 2.05) is 0 Å². The zero-order chi connectivity index (χ0) is 16.1. The van der Waals surface area contributed by atoms with Gasteiger partial charge in [0, 0.05) is 17.2 Å². The van der Waals surface area contributed by atoms with E-state index in [0.29, 0.717) is 11.5 Å². The lowest BCUT2D eigenvalue weighted by atomic mass is 10.2. The van der Waals surface area contributed by atoms with Crippen LogP contribution in [0.1, 0.15) is 21.5 Å². The smallest absolute Gasteiger partial charge is 0.335 e. The maximum absolute atomic E-state index is 11.2. The molecule has 0 saturated carbocycles. The van der Waals surface area contributed by atoms with Gasteiger partial charge in [0.25, 0.3) is 0 Å². The molecule has 0 bridgehead atoms. The van der Waals surface area contributed by atoms with Gasteiger partial charge in [-0.1, -0.05) is 0 Å². The molecule has 0 aliphatic carbocycles. The van der Waals surface area contributed by atoms with Crippen LogP contribution in [0, 0.1) is 0 Å². The zero-order valence-corrected chi connectivity index (χ0v) is 12.1. The molecule has 0 aliphatic rings. The Balaban J connectivity index is 1.73. The van der Waals surface area contributed by atoms with Gasteiger partial charge in [-0.15, -0.1) is 0 Å². The van der Waals surface area contributed by atoms with Gasteiger partial charge >= 0.3 is 5.97 Å². The molecule has 0 aliphatic heterocycles. The molecule has 3 rings (SSSR count). The summed E-state index contributed by atoms with van der Waals surface area (Å²) in [6.07, 6.45) is 6.23.